The van der Waals surface area contributed by atoms with Gasteiger partial charge in [-0.25, -0.2) is 12.8 Å². The van der Waals surface area contributed by atoms with Crippen molar-refractivity contribution in [1.82, 2.24) is 4.90 Å². The molecule has 0 saturated carbocycles. The number of amides is 1. The molecule has 0 fully saturated rings. The number of hydrogen-bond acceptors (Lipinski definition) is 4. The Morgan fingerprint density at radius 3 is 2.30 bits per heavy atom. The Kier molecular flexibility index (Phi) is 4.89. The number of furan rings is 1. The molecule has 0 aliphatic rings. The molecule has 0 aliphatic carbocycles. The Balaban J connectivity index is 2.27. The van der Waals surface area contributed by atoms with Gasteiger partial charge in [-0.2, -0.15) is 0 Å². The summed E-state index contributed by atoms with van der Waals surface area (Å²) in [5, 5.41) is -0.244. The summed E-state index contributed by atoms with van der Waals surface area (Å²) in [4.78, 5) is 14.1. The minimum absolute atomic E-state index is 0.0405. The van der Waals surface area contributed by atoms with E-state index < -0.39 is 15.7 Å². The standard InChI is InChI=1S/C16H18FNO4S/c1-4-18(11(2)12-5-7-13(17)8-6-12)16(19)14-9-10-15(22-14)23(3,20)21/h5-11H,4H2,1-3H3. The van der Waals surface area contributed by atoms with E-state index in [0.717, 1.165) is 11.8 Å². The molecule has 1 aromatic carbocycles. The number of carbonyl (C=O) groups is 1. The molecule has 0 radical (unpaired) electrons. The van der Waals surface area contributed by atoms with Crippen LogP contribution >= 0.6 is 0 Å². The molecule has 124 valence electrons. The first-order valence-electron chi connectivity index (χ1n) is 7.10. The minimum atomic E-state index is -3.50. The molecule has 5 nitrogen and oxygen atoms in total. The van der Waals surface area contributed by atoms with E-state index in [4.69, 9.17) is 4.42 Å². The zero-order chi connectivity index (χ0) is 17.2. The molecule has 1 unspecified atom stereocenters. The van der Waals surface area contributed by atoms with Gasteiger partial charge in [0, 0.05) is 12.8 Å². The van der Waals surface area contributed by atoms with Gasteiger partial charge in [0.25, 0.3) is 5.91 Å². The molecule has 1 amide bonds. The minimum Gasteiger partial charge on any atom is -0.440 e. The lowest BCUT2D eigenvalue weighted by atomic mass is 10.1. The van der Waals surface area contributed by atoms with Crippen molar-refractivity contribution >= 4 is 15.7 Å². The first-order chi connectivity index (χ1) is 10.7. The average molecular weight is 339 g/mol. The summed E-state index contributed by atoms with van der Waals surface area (Å²) in [6.45, 7) is 4.01. The summed E-state index contributed by atoms with van der Waals surface area (Å²) >= 11 is 0. The van der Waals surface area contributed by atoms with Gasteiger partial charge in [0.2, 0.25) is 14.9 Å². The molecule has 2 rings (SSSR count). The highest BCUT2D eigenvalue weighted by atomic mass is 32.2. The fraction of sp³-hybridized carbons (Fsp3) is 0.312. The number of sulfone groups is 1. The van der Waals surface area contributed by atoms with Crippen LogP contribution in [0.1, 0.15) is 36.0 Å². The van der Waals surface area contributed by atoms with E-state index >= 15 is 0 Å². The second-order valence-electron chi connectivity index (χ2n) is 5.21. The van der Waals surface area contributed by atoms with Crippen LogP contribution in [-0.2, 0) is 9.84 Å². The molecule has 7 heteroatoms. The molecule has 1 aromatic heterocycles. The molecular formula is C16H18FNO4S. The first kappa shape index (κ1) is 17.2. The van der Waals surface area contributed by atoms with Gasteiger partial charge in [-0.3, -0.25) is 4.79 Å². The van der Waals surface area contributed by atoms with Crippen LogP contribution in [0.25, 0.3) is 0 Å². The number of nitrogens with zero attached hydrogens (tertiary/aromatic N) is 1. The Labute approximate surface area is 134 Å². The lowest BCUT2D eigenvalue weighted by Crippen LogP contribution is -2.33. The van der Waals surface area contributed by atoms with Crippen molar-refractivity contribution < 1.29 is 22.0 Å². The van der Waals surface area contributed by atoms with Crippen LogP contribution in [0.5, 0.6) is 0 Å². The fourth-order valence-corrected chi connectivity index (χ4v) is 2.85. The van der Waals surface area contributed by atoms with Crippen molar-refractivity contribution in [1.29, 1.82) is 0 Å². The Hall–Kier alpha value is -2.15. The van der Waals surface area contributed by atoms with E-state index in [1.54, 1.807) is 19.1 Å². The summed E-state index contributed by atoms with van der Waals surface area (Å²) in [5.74, 6) is -0.806. The molecule has 1 atom stereocenters. The van der Waals surface area contributed by atoms with Gasteiger partial charge in [-0.15, -0.1) is 0 Å². The summed E-state index contributed by atoms with van der Waals surface area (Å²) < 4.78 is 41.1. The average Bonchev–Trinajstić information content (AvgIpc) is 2.98. The van der Waals surface area contributed by atoms with Gasteiger partial charge in [-0.1, -0.05) is 12.1 Å². The van der Waals surface area contributed by atoms with Crippen LogP contribution in [0.4, 0.5) is 4.39 Å². The molecular weight excluding hydrogens is 321 g/mol. The number of carbonyl (C=O) groups excluding carboxylic acids is 1. The van der Waals surface area contributed by atoms with Crippen molar-refractivity contribution in [3.8, 4) is 0 Å². The monoisotopic (exact) mass is 339 g/mol. The fourth-order valence-electron chi connectivity index (χ4n) is 2.29. The summed E-state index contributed by atoms with van der Waals surface area (Å²) in [6.07, 6.45) is 1.01. The Morgan fingerprint density at radius 2 is 1.83 bits per heavy atom. The highest BCUT2D eigenvalue weighted by molar-refractivity contribution is 7.90. The molecule has 0 bridgehead atoms. The number of benzene rings is 1. The number of hydrogen-bond donors (Lipinski definition) is 0. The largest absolute Gasteiger partial charge is 0.440 e. The van der Waals surface area contributed by atoms with Crippen LogP contribution < -0.4 is 0 Å². The summed E-state index contributed by atoms with van der Waals surface area (Å²) in [6, 6.07) is 8.19. The predicted molar refractivity (Wildman–Crippen MR) is 83.3 cm³/mol. The normalized spacial score (nSPS) is 12.9. The Morgan fingerprint density at radius 1 is 1.22 bits per heavy atom. The smallest absolute Gasteiger partial charge is 0.290 e. The zero-order valence-electron chi connectivity index (χ0n) is 13.1. The van der Waals surface area contributed by atoms with Gasteiger partial charge in [-0.05, 0) is 43.7 Å². The van der Waals surface area contributed by atoms with Gasteiger partial charge in [0.15, 0.2) is 5.76 Å². The van der Waals surface area contributed by atoms with Crippen molar-refractivity contribution in [2.24, 2.45) is 0 Å². The molecule has 0 spiro atoms. The quantitative estimate of drug-likeness (QED) is 0.840. The van der Waals surface area contributed by atoms with E-state index in [9.17, 15) is 17.6 Å². The first-order valence-corrected chi connectivity index (χ1v) is 8.99. The highest BCUT2D eigenvalue weighted by Gasteiger charge is 2.25. The molecule has 0 N–H and O–H groups in total. The second-order valence-corrected chi connectivity index (χ2v) is 7.16. The van der Waals surface area contributed by atoms with Gasteiger partial charge < -0.3 is 9.32 Å². The van der Waals surface area contributed by atoms with Crippen molar-refractivity contribution in [2.45, 2.75) is 25.0 Å². The third-order valence-corrected chi connectivity index (χ3v) is 4.53. The second kappa shape index (κ2) is 6.54. The van der Waals surface area contributed by atoms with Gasteiger partial charge in [0.1, 0.15) is 5.82 Å². The van der Waals surface area contributed by atoms with Crippen LogP contribution in [0.2, 0.25) is 0 Å². The zero-order valence-corrected chi connectivity index (χ0v) is 13.9. The molecule has 2 aromatic rings. The maximum absolute atomic E-state index is 13.0. The Bertz CT molecular complexity index is 796. The van der Waals surface area contributed by atoms with E-state index in [2.05, 4.69) is 0 Å². The lowest BCUT2D eigenvalue weighted by Gasteiger charge is -2.27. The lowest BCUT2D eigenvalue weighted by molar-refractivity contribution is 0.0664. The highest BCUT2D eigenvalue weighted by Crippen LogP contribution is 2.24. The molecule has 23 heavy (non-hydrogen) atoms. The van der Waals surface area contributed by atoms with E-state index in [1.165, 1.54) is 29.2 Å². The van der Waals surface area contributed by atoms with E-state index in [0.29, 0.717) is 6.54 Å². The van der Waals surface area contributed by atoms with Gasteiger partial charge in [0.05, 0.1) is 6.04 Å². The van der Waals surface area contributed by atoms with Crippen LogP contribution in [0.15, 0.2) is 45.9 Å². The molecule has 0 saturated heterocycles. The van der Waals surface area contributed by atoms with Crippen molar-refractivity contribution in [3.05, 3.63) is 53.5 Å². The van der Waals surface area contributed by atoms with Crippen LogP contribution in [-0.4, -0.2) is 32.0 Å². The number of halogens is 1. The summed E-state index contributed by atoms with van der Waals surface area (Å²) in [5.41, 5.74) is 0.775. The predicted octanol–water partition coefficient (Wildman–Crippen LogP) is 3.05. The number of rotatable bonds is 5. The van der Waals surface area contributed by atoms with E-state index in [-0.39, 0.29) is 22.7 Å². The molecule has 0 aliphatic heterocycles. The SMILES string of the molecule is CCN(C(=O)c1ccc(S(C)(=O)=O)o1)C(C)c1ccc(F)cc1. The van der Waals surface area contributed by atoms with Gasteiger partial charge >= 0.3 is 0 Å². The third kappa shape index (κ3) is 3.79. The van der Waals surface area contributed by atoms with Crippen LogP contribution in [0, 0.1) is 5.82 Å². The third-order valence-electron chi connectivity index (χ3n) is 3.58. The van der Waals surface area contributed by atoms with Crippen molar-refractivity contribution in [3.63, 3.8) is 0 Å². The molecule has 1 heterocycles. The summed E-state index contributed by atoms with van der Waals surface area (Å²) in [7, 11) is -3.50. The van der Waals surface area contributed by atoms with E-state index in [1.807, 2.05) is 6.92 Å². The topological polar surface area (TPSA) is 67.6 Å². The van der Waals surface area contributed by atoms with Crippen molar-refractivity contribution in [2.75, 3.05) is 12.8 Å². The maximum Gasteiger partial charge on any atom is 0.290 e. The maximum atomic E-state index is 13.0. The van der Waals surface area contributed by atoms with Crippen LogP contribution in [0.3, 0.4) is 0 Å².